The number of rotatable bonds is 4. The predicted molar refractivity (Wildman–Crippen MR) is 82.4 cm³/mol. The van der Waals surface area contributed by atoms with Gasteiger partial charge in [-0.25, -0.2) is 0 Å². The van der Waals surface area contributed by atoms with E-state index in [1.807, 2.05) is 45.0 Å². The molecule has 0 aliphatic carbocycles. The minimum absolute atomic E-state index is 0.541. The first-order chi connectivity index (χ1) is 10.1. The number of hydrogen-bond acceptors (Lipinski definition) is 3. The van der Waals surface area contributed by atoms with E-state index in [4.69, 9.17) is 10.00 Å². The number of aliphatic hydroxyl groups is 1. The molecule has 3 nitrogen and oxygen atoms in total. The van der Waals surface area contributed by atoms with E-state index >= 15 is 0 Å². The average Bonchev–Trinajstić information content (AvgIpc) is 2.50. The molecule has 2 aromatic rings. The van der Waals surface area contributed by atoms with Crippen molar-refractivity contribution in [3.8, 4) is 17.6 Å². The number of nitriles is 1. The van der Waals surface area contributed by atoms with E-state index in [2.05, 4.69) is 6.07 Å². The average molecular weight is 281 g/mol. The van der Waals surface area contributed by atoms with Crippen molar-refractivity contribution >= 4 is 0 Å². The van der Waals surface area contributed by atoms with Gasteiger partial charge in [0.05, 0.1) is 17.7 Å². The van der Waals surface area contributed by atoms with Crippen molar-refractivity contribution in [2.24, 2.45) is 0 Å². The highest BCUT2D eigenvalue weighted by atomic mass is 16.5. The van der Waals surface area contributed by atoms with Gasteiger partial charge in [-0.15, -0.1) is 0 Å². The summed E-state index contributed by atoms with van der Waals surface area (Å²) in [5.74, 6) is 1.40. The van der Waals surface area contributed by atoms with Gasteiger partial charge in [0.15, 0.2) is 0 Å². The van der Waals surface area contributed by atoms with Gasteiger partial charge in [0.1, 0.15) is 11.5 Å². The molecule has 0 aliphatic rings. The van der Waals surface area contributed by atoms with Crippen LogP contribution in [0.25, 0.3) is 0 Å². The van der Waals surface area contributed by atoms with Crippen LogP contribution in [0.3, 0.4) is 0 Å². The Morgan fingerprint density at radius 2 is 1.81 bits per heavy atom. The van der Waals surface area contributed by atoms with Crippen LogP contribution in [0.15, 0.2) is 36.4 Å². The van der Waals surface area contributed by atoms with Gasteiger partial charge in [-0.2, -0.15) is 5.26 Å². The first-order valence-electron chi connectivity index (χ1n) is 7.03. The molecule has 3 heteroatoms. The lowest BCUT2D eigenvalue weighted by Crippen LogP contribution is -2.00. The second-order valence-electron chi connectivity index (χ2n) is 5.11. The number of nitrogens with zero attached hydrogens (tertiary/aromatic N) is 1. The van der Waals surface area contributed by atoms with Gasteiger partial charge >= 0.3 is 0 Å². The van der Waals surface area contributed by atoms with Crippen molar-refractivity contribution in [1.82, 2.24) is 0 Å². The van der Waals surface area contributed by atoms with Crippen molar-refractivity contribution in [1.29, 1.82) is 5.26 Å². The first kappa shape index (κ1) is 15.1. The van der Waals surface area contributed by atoms with Gasteiger partial charge < -0.3 is 9.84 Å². The summed E-state index contributed by atoms with van der Waals surface area (Å²) in [7, 11) is 0. The fraction of sp³-hybridized carbons (Fsp3) is 0.278. The van der Waals surface area contributed by atoms with Gasteiger partial charge in [0, 0.05) is 5.56 Å². The fourth-order valence-corrected chi connectivity index (χ4v) is 2.35. The van der Waals surface area contributed by atoms with Crippen molar-refractivity contribution in [3.63, 3.8) is 0 Å². The van der Waals surface area contributed by atoms with Crippen LogP contribution in [-0.2, 0) is 0 Å². The molecule has 1 atom stereocenters. The number of aryl methyl sites for hydroxylation is 2. The smallest absolute Gasteiger partial charge is 0.133 e. The Kier molecular flexibility index (Phi) is 4.62. The summed E-state index contributed by atoms with van der Waals surface area (Å²) in [5, 5.41) is 19.1. The van der Waals surface area contributed by atoms with E-state index in [1.54, 1.807) is 12.1 Å². The van der Waals surface area contributed by atoms with Gasteiger partial charge in [0.25, 0.3) is 0 Å². The lowest BCUT2D eigenvalue weighted by molar-refractivity contribution is 0.170. The Bertz CT molecular complexity index is 663. The zero-order chi connectivity index (χ0) is 15.4. The summed E-state index contributed by atoms with van der Waals surface area (Å²) < 4.78 is 6.02. The quantitative estimate of drug-likeness (QED) is 0.903. The SMILES string of the molecule is CCC(O)c1ccccc1Oc1c(C)cc(C#N)cc1C. The van der Waals surface area contributed by atoms with Crippen LogP contribution in [0.4, 0.5) is 0 Å². The molecule has 0 saturated heterocycles. The van der Waals surface area contributed by atoms with Crippen LogP contribution >= 0.6 is 0 Å². The lowest BCUT2D eigenvalue weighted by atomic mass is 10.0. The highest BCUT2D eigenvalue weighted by Gasteiger charge is 2.14. The van der Waals surface area contributed by atoms with Gasteiger partial charge in [0.2, 0.25) is 0 Å². The molecule has 0 spiro atoms. The Labute approximate surface area is 125 Å². The molecule has 0 aromatic heterocycles. The van der Waals surface area contributed by atoms with Crippen LogP contribution in [0.5, 0.6) is 11.5 Å². The Hall–Kier alpha value is -2.31. The molecular weight excluding hydrogens is 262 g/mol. The zero-order valence-corrected chi connectivity index (χ0v) is 12.6. The molecule has 21 heavy (non-hydrogen) atoms. The summed E-state index contributed by atoms with van der Waals surface area (Å²) >= 11 is 0. The number of ether oxygens (including phenoxy) is 1. The standard InChI is InChI=1S/C18H19NO2/c1-4-16(20)15-7-5-6-8-17(15)21-18-12(2)9-14(11-19)10-13(18)3/h5-10,16,20H,4H2,1-3H3. The van der Waals surface area contributed by atoms with E-state index < -0.39 is 6.10 Å². The summed E-state index contributed by atoms with van der Waals surface area (Å²) in [6, 6.07) is 13.3. The van der Waals surface area contributed by atoms with Crippen molar-refractivity contribution < 1.29 is 9.84 Å². The Morgan fingerprint density at radius 3 is 2.38 bits per heavy atom. The Morgan fingerprint density at radius 1 is 1.19 bits per heavy atom. The van der Waals surface area contributed by atoms with Gasteiger partial charge in [-0.3, -0.25) is 0 Å². The number of para-hydroxylation sites is 1. The van der Waals surface area contributed by atoms with Crippen molar-refractivity contribution in [3.05, 3.63) is 58.7 Å². The molecule has 0 fully saturated rings. The second-order valence-corrected chi connectivity index (χ2v) is 5.11. The van der Waals surface area contributed by atoms with E-state index in [0.717, 1.165) is 22.4 Å². The molecule has 108 valence electrons. The third-order valence-electron chi connectivity index (χ3n) is 3.47. The van der Waals surface area contributed by atoms with Crippen LogP contribution < -0.4 is 4.74 Å². The summed E-state index contributed by atoms with van der Waals surface area (Å²) in [6.45, 7) is 5.77. The molecule has 0 saturated carbocycles. The van der Waals surface area contributed by atoms with Gasteiger partial charge in [-0.05, 0) is 49.6 Å². The molecule has 0 heterocycles. The number of benzene rings is 2. The van der Waals surface area contributed by atoms with E-state index in [-0.39, 0.29) is 0 Å². The normalized spacial score (nSPS) is 11.8. The molecule has 2 rings (SSSR count). The maximum Gasteiger partial charge on any atom is 0.133 e. The highest BCUT2D eigenvalue weighted by Crippen LogP contribution is 2.34. The fourth-order valence-electron chi connectivity index (χ4n) is 2.35. The molecule has 1 N–H and O–H groups in total. The molecule has 2 aromatic carbocycles. The maximum absolute atomic E-state index is 10.1. The third-order valence-corrected chi connectivity index (χ3v) is 3.47. The molecule has 0 bridgehead atoms. The van der Waals surface area contributed by atoms with Crippen LogP contribution in [0.1, 0.15) is 41.7 Å². The topological polar surface area (TPSA) is 53.2 Å². The number of aliphatic hydroxyl groups excluding tert-OH is 1. The number of hydrogen-bond donors (Lipinski definition) is 1. The first-order valence-corrected chi connectivity index (χ1v) is 7.03. The molecular formula is C18H19NO2. The predicted octanol–water partition coefficient (Wildman–Crippen LogP) is 4.41. The minimum atomic E-state index is -0.541. The molecule has 0 radical (unpaired) electrons. The second kappa shape index (κ2) is 6.43. The summed E-state index contributed by atoms with van der Waals surface area (Å²) in [6.07, 6.45) is 0.0892. The summed E-state index contributed by atoms with van der Waals surface area (Å²) in [5.41, 5.74) is 3.22. The van der Waals surface area contributed by atoms with E-state index in [9.17, 15) is 5.11 Å². The molecule has 1 unspecified atom stereocenters. The zero-order valence-electron chi connectivity index (χ0n) is 12.6. The minimum Gasteiger partial charge on any atom is -0.456 e. The lowest BCUT2D eigenvalue weighted by Gasteiger charge is -2.17. The van der Waals surface area contributed by atoms with E-state index in [0.29, 0.717) is 17.7 Å². The Balaban J connectivity index is 2.42. The van der Waals surface area contributed by atoms with E-state index in [1.165, 1.54) is 0 Å². The molecule has 0 amide bonds. The molecule has 0 aliphatic heterocycles. The van der Waals surface area contributed by atoms with Crippen LogP contribution in [0.2, 0.25) is 0 Å². The van der Waals surface area contributed by atoms with Gasteiger partial charge in [-0.1, -0.05) is 25.1 Å². The van der Waals surface area contributed by atoms with Crippen LogP contribution in [0, 0.1) is 25.2 Å². The summed E-state index contributed by atoms with van der Waals surface area (Å²) in [4.78, 5) is 0. The van der Waals surface area contributed by atoms with Crippen molar-refractivity contribution in [2.75, 3.05) is 0 Å². The van der Waals surface area contributed by atoms with Crippen molar-refractivity contribution in [2.45, 2.75) is 33.3 Å². The largest absolute Gasteiger partial charge is 0.456 e. The highest BCUT2D eigenvalue weighted by molar-refractivity contribution is 5.50. The maximum atomic E-state index is 10.1. The monoisotopic (exact) mass is 281 g/mol. The third kappa shape index (κ3) is 3.24. The van der Waals surface area contributed by atoms with Crippen LogP contribution in [-0.4, -0.2) is 5.11 Å².